The first-order valence-electron chi connectivity index (χ1n) is 9.15. The number of hydrogen-bond acceptors (Lipinski definition) is 5. The molecule has 1 saturated heterocycles. The summed E-state index contributed by atoms with van der Waals surface area (Å²) in [6, 6.07) is 17.5. The van der Waals surface area contributed by atoms with Crippen LogP contribution < -0.4 is 5.32 Å². The van der Waals surface area contributed by atoms with E-state index in [1.807, 2.05) is 48.5 Å². The van der Waals surface area contributed by atoms with Gasteiger partial charge in [0.2, 0.25) is 11.7 Å². The number of nitrogens with zero attached hydrogens (tertiary/aromatic N) is 3. The second-order valence-corrected chi connectivity index (χ2v) is 6.85. The number of benzene rings is 2. The summed E-state index contributed by atoms with van der Waals surface area (Å²) in [6.45, 7) is 2.27. The van der Waals surface area contributed by atoms with E-state index >= 15 is 0 Å². The van der Waals surface area contributed by atoms with Crippen molar-refractivity contribution in [3.05, 3.63) is 71.6 Å². The number of carbonyl (C=O) groups excluding carboxylic acids is 1. The van der Waals surface area contributed by atoms with Crippen LogP contribution in [0.25, 0.3) is 11.4 Å². The fourth-order valence-corrected chi connectivity index (χ4v) is 3.38. The predicted molar refractivity (Wildman–Crippen MR) is 102 cm³/mol. The van der Waals surface area contributed by atoms with Gasteiger partial charge in [-0.3, -0.25) is 4.79 Å². The normalized spacial score (nSPS) is 16.4. The quantitative estimate of drug-likeness (QED) is 0.755. The third kappa shape index (κ3) is 3.90. The lowest BCUT2D eigenvalue weighted by Crippen LogP contribution is -2.26. The van der Waals surface area contributed by atoms with Gasteiger partial charge in [-0.05, 0) is 36.6 Å². The first-order chi connectivity index (χ1) is 13.2. The molecule has 3 aromatic rings. The van der Waals surface area contributed by atoms with Crippen molar-refractivity contribution in [2.45, 2.75) is 18.9 Å². The second kappa shape index (κ2) is 7.72. The van der Waals surface area contributed by atoms with Crippen LogP contribution in [0, 0.1) is 0 Å². The summed E-state index contributed by atoms with van der Waals surface area (Å²) in [5.74, 6) is 1.37. The van der Waals surface area contributed by atoms with E-state index in [2.05, 4.69) is 21.5 Å². The lowest BCUT2D eigenvalue weighted by molar-refractivity contribution is 0.0769. The minimum atomic E-state index is -0.0535. The van der Waals surface area contributed by atoms with Crippen molar-refractivity contribution in [1.82, 2.24) is 20.4 Å². The molecule has 0 radical (unpaired) electrons. The van der Waals surface area contributed by atoms with Crippen molar-refractivity contribution < 1.29 is 9.32 Å². The largest absolute Gasteiger partial charge is 0.337 e. The highest BCUT2D eigenvalue weighted by molar-refractivity contribution is 5.94. The molecule has 6 heteroatoms. The van der Waals surface area contributed by atoms with Gasteiger partial charge in [0.25, 0.3) is 5.91 Å². The van der Waals surface area contributed by atoms with Gasteiger partial charge in [-0.25, -0.2) is 0 Å². The average Bonchev–Trinajstić information content (AvgIpc) is 3.40. The molecule has 0 unspecified atom stereocenters. The van der Waals surface area contributed by atoms with E-state index in [1.54, 1.807) is 11.9 Å². The summed E-state index contributed by atoms with van der Waals surface area (Å²) in [5.41, 5.74) is 2.78. The van der Waals surface area contributed by atoms with Crippen LogP contribution in [0.2, 0.25) is 0 Å². The molecule has 138 valence electrons. The molecule has 1 atom stereocenters. The molecule has 27 heavy (non-hydrogen) atoms. The van der Waals surface area contributed by atoms with Gasteiger partial charge in [0.1, 0.15) is 0 Å². The summed E-state index contributed by atoms with van der Waals surface area (Å²) in [5, 5.41) is 7.37. The zero-order valence-corrected chi connectivity index (χ0v) is 15.3. The van der Waals surface area contributed by atoms with Crippen molar-refractivity contribution in [3.63, 3.8) is 0 Å². The highest BCUT2D eigenvalue weighted by atomic mass is 16.5. The summed E-state index contributed by atoms with van der Waals surface area (Å²) in [6.07, 6.45) is 1.11. The maximum atomic E-state index is 12.8. The van der Waals surface area contributed by atoms with Crippen molar-refractivity contribution in [3.8, 4) is 11.4 Å². The summed E-state index contributed by atoms with van der Waals surface area (Å²) in [7, 11) is 1.75. The standard InChI is InChI=1S/C21H22N4O2/c1-25(14-19-23-20(24-27-19)15-6-3-2-4-7-15)21(26)17-9-5-8-16(12-17)18-10-11-22-13-18/h2-9,12,18,22H,10-11,13-14H2,1H3/t18-/m1/s1. The Morgan fingerprint density at radius 1 is 1.22 bits per heavy atom. The smallest absolute Gasteiger partial charge is 0.254 e. The van der Waals surface area contributed by atoms with Crippen LogP contribution in [0.15, 0.2) is 59.1 Å². The lowest BCUT2D eigenvalue weighted by atomic mass is 9.96. The Hall–Kier alpha value is -2.99. The summed E-state index contributed by atoms with van der Waals surface area (Å²) < 4.78 is 5.32. The molecule has 0 bridgehead atoms. The van der Waals surface area contributed by atoms with E-state index in [9.17, 15) is 4.79 Å². The highest BCUT2D eigenvalue weighted by Crippen LogP contribution is 2.23. The SMILES string of the molecule is CN(Cc1nc(-c2ccccc2)no1)C(=O)c1cccc([C@@H]2CCNC2)c1. The molecule has 1 aromatic heterocycles. The summed E-state index contributed by atoms with van der Waals surface area (Å²) in [4.78, 5) is 18.8. The second-order valence-electron chi connectivity index (χ2n) is 6.85. The van der Waals surface area contributed by atoms with E-state index < -0.39 is 0 Å². The Bertz CT molecular complexity index is 917. The zero-order chi connectivity index (χ0) is 18.6. The maximum Gasteiger partial charge on any atom is 0.254 e. The predicted octanol–water partition coefficient (Wildman–Crippen LogP) is 3.09. The van der Waals surface area contributed by atoms with Crippen LogP contribution in [0.1, 0.15) is 34.2 Å². The van der Waals surface area contributed by atoms with Crippen LogP contribution >= 0.6 is 0 Å². The molecule has 6 nitrogen and oxygen atoms in total. The van der Waals surface area contributed by atoms with Crippen LogP contribution in [-0.4, -0.2) is 41.1 Å². The highest BCUT2D eigenvalue weighted by Gasteiger charge is 2.20. The number of hydrogen-bond donors (Lipinski definition) is 1. The Balaban J connectivity index is 1.45. The van der Waals surface area contributed by atoms with Crippen molar-refractivity contribution in [2.75, 3.05) is 20.1 Å². The summed E-state index contributed by atoms with van der Waals surface area (Å²) >= 11 is 0. The Labute approximate surface area is 158 Å². The van der Waals surface area contributed by atoms with E-state index in [-0.39, 0.29) is 12.5 Å². The van der Waals surface area contributed by atoms with Crippen LogP contribution in [0.3, 0.4) is 0 Å². The molecule has 1 amide bonds. The fourth-order valence-electron chi connectivity index (χ4n) is 3.38. The number of rotatable bonds is 5. The first kappa shape index (κ1) is 17.4. The number of nitrogens with one attached hydrogen (secondary N) is 1. The third-order valence-corrected chi connectivity index (χ3v) is 4.88. The van der Waals surface area contributed by atoms with Crippen molar-refractivity contribution in [1.29, 1.82) is 0 Å². The third-order valence-electron chi connectivity index (χ3n) is 4.88. The Kier molecular flexibility index (Phi) is 4.98. The molecule has 2 aromatic carbocycles. The molecular formula is C21H22N4O2. The monoisotopic (exact) mass is 362 g/mol. The molecule has 1 fully saturated rings. The van der Waals surface area contributed by atoms with E-state index in [1.165, 1.54) is 5.56 Å². The zero-order valence-electron chi connectivity index (χ0n) is 15.3. The van der Waals surface area contributed by atoms with Gasteiger partial charge < -0.3 is 14.7 Å². The molecule has 4 rings (SSSR count). The Morgan fingerprint density at radius 3 is 2.85 bits per heavy atom. The van der Waals surface area contributed by atoms with Gasteiger partial charge in [-0.2, -0.15) is 4.98 Å². The van der Waals surface area contributed by atoms with Crippen LogP contribution in [0.4, 0.5) is 0 Å². The molecule has 1 aliphatic heterocycles. The van der Waals surface area contributed by atoms with Gasteiger partial charge in [-0.15, -0.1) is 0 Å². The molecule has 0 spiro atoms. The minimum Gasteiger partial charge on any atom is -0.337 e. The van der Waals surface area contributed by atoms with Gasteiger partial charge in [-0.1, -0.05) is 47.6 Å². The molecule has 1 N–H and O–H groups in total. The van der Waals surface area contributed by atoms with Gasteiger partial charge >= 0.3 is 0 Å². The molecule has 1 aliphatic rings. The maximum absolute atomic E-state index is 12.8. The van der Waals surface area contributed by atoms with E-state index in [4.69, 9.17) is 4.52 Å². The molecular weight excluding hydrogens is 340 g/mol. The molecule has 2 heterocycles. The number of amides is 1. The van der Waals surface area contributed by atoms with Crippen LogP contribution in [-0.2, 0) is 6.54 Å². The molecule has 0 saturated carbocycles. The van der Waals surface area contributed by atoms with Gasteiger partial charge in [0.05, 0.1) is 6.54 Å². The van der Waals surface area contributed by atoms with Crippen LogP contribution in [0.5, 0.6) is 0 Å². The number of aromatic nitrogens is 2. The molecule has 0 aliphatic carbocycles. The topological polar surface area (TPSA) is 71.3 Å². The van der Waals surface area contributed by atoms with E-state index in [0.717, 1.165) is 25.1 Å². The van der Waals surface area contributed by atoms with Gasteiger partial charge in [0.15, 0.2) is 0 Å². The average molecular weight is 362 g/mol. The minimum absolute atomic E-state index is 0.0535. The van der Waals surface area contributed by atoms with Gasteiger partial charge in [0, 0.05) is 24.7 Å². The number of carbonyl (C=O) groups is 1. The van der Waals surface area contributed by atoms with Crippen molar-refractivity contribution >= 4 is 5.91 Å². The van der Waals surface area contributed by atoms with Crippen molar-refractivity contribution in [2.24, 2.45) is 0 Å². The fraction of sp³-hybridized carbons (Fsp3) is 0.286. The van der Waals surface area contributed by atoms with E-state index in [0.29, 0.717) is 23.2 Å². The Morgan fingerprint density at radius 2 is 2.07 bits per heavy atom. The first-order valence-corrected chi connectivity index (χ1v) is 9.15. The lowest BCUT2D eigenvalue weighted by Gasteiger charge is -2.16.